The van der Waals surface area contributed by atoms with Crippen LogP contribution < -0.4 is 10.9 Å². The van der Waals surface area contributed by atoms with Crippen LogP contribution in [0.15, 0.2) is 58.1 Å². The van der Waals surface area contributed by atoms with Gasteiger partial charge in [0.15, 0.2) is 0 Å². The minimum absolute atomic E-state index is 0.0214. The molecule has 5 nitrogen and oxygen atoms in total. The summed E-state index contributed by atoms with van der Waals surface area (Å²) in [6.45, 7) is -0.0214. The average Bonchev–Trinajstić information content (AvgIpc) is 2.84. The minimum Gasteiger partial charge on any atom is -0.346 e. The lowest BCUT2D eigenvalue weighted by Crippen LogP contribution is -2.27. The minimum atomic E-state index is -0.242. The molecule has 3 aromatic rings. The number of aryl methyl sites for hydroxylation is 1. The topological polar surface area (TPSA) is 56.0 Å². The number of hydrogen-bond donors (Lipinski definition) is 1. The fourth-order valence-electron chi connectivity index (χ4n) is 2.38. The van der Waals surface area contributed by atoms with Crippen LogP contribution in [0, 0.1) is 0 Å². The molecule has 0 bridgehead atoms. The molecule has 2 heterocycles. The Morgan fingerprint density at radius 2 is 2.00 bits per heavy atom. The van der Waals surface area contributed by atoms with E-state index in [1.807, 2.05) is 37.5 Å². The zero-order chi connectivity index (χ0) is 15.7. The van der Waals surface area contributed by atoms with Gasteiger partial charge in [0.2, 0.25) is 5.91 Å². The molecule has 1 N–H and O–H groups in total. The number of fused-ring (bicyclic) bond motifs is 1. The highest BCUT2D eigenvalue weighted by Gasteiger charge is 2.09. The van der Waals surface area contributed by atoms with Crippen molar-refractivity contribution in [3.8, 4) is 0 Å². The lowest BCUT2D eigenvalue weighted by Gasteiger charge is -2.08. The predicted octanol–water partition coefficient (Wildman–Crippen LogP) is 2.74. The first-order valence-corrected chi connectivity index (χ1v) is 7.54. The molecule has 0 saturated heterocycles. The molecule has 0 aliphatic heterocycles. The van der Waals surface area contributed by atoms with Crippen LogP contribution in [-0.2, 0) is 18.4 Å². The molecule has 6 heteroatoms. The van der Waals surface area contributed by atoms with E-state index in [-0.39, 0.29) is 18.0 Å². The maximum absolute atomic E-state index is 12.4. The van der Waals surface area contributed by atoms with Crippen LogP contribution in [0.1, 0.15) is 0 Å². The van der Waals surface area contributed by atoms with Gasteiger partial charge in [-0.05, 0) is 30.3 Å². The van der Waals surface area contributed by atoms with Gasteiger partial charge in [-0.2, -0.15) is 0 Å². The van der Waals surface area contributed by atoms with Crippen molar-refractivity contribution >= 4 is 38.4 Å². The van der Waals surface area contributed by atoms with Crippen molar-refractivity contribution in [2.75, 3.05) is 5.32 Å². The van der Waals surface area contributed by atoms with Crippen molar-refractivity contribution in [2.24, 2.45) is 7.05 Å². The van der Waals surface area contributed by atoms with Gasteiger partial charge in [-0.25, -0.2) is 0 Å². The van der Waals surface area contributed by atoms with E-state index in [4.69, 9.17) is 0 Å². The van der Waals surface area contributed by atoms with Gasteiger partial charge in [0.1, 0.15) is 12.1 Å². The Morgan fingerprint density at radius 3 is 2.77 bits per heavy atom. The van der Waals surface area contributed by atoms with Gasteiger partial charge in [0, 0.05) is 35.0 Å². The molecule has 3 rings (SSSR count). The Labute approximate surface area is 135 Å². The highest BCUT2D eigenvalue weighted by molar-refractivity contribution is 9.10. The number of benzene rings is 1. The molecule has 0 radical (unpaired) electrons. The first-order chi connectivity index (χ1) is 10.5. The lowest BCUT2D eigenvalue weighted by atomic mass is 10.3. The molecular formula is C16H14BrN3O2. The molecule has 1 amide bonds. The standard InChI is InChI=1S/C16H14BrN3O2/c1-19-7-5-11-6-8-20(16(22)15(11)19)10-14(21)18-13-4-2-3-12(17)9-13/h2-9H,10H2,1H3,(H,18,21). The van der Waals surface area contributed by atoms with E-state index >= 15 is 0 Å². The summed E-state index contributed by atoms with van der Waals surface area (Å²) in [5.41, 5.74) is 1.11. The molecule has 0 unspecified atom stereocenters. The van der Waals surface area contributed by atoms with E-state index in [9.17, 15) is 9.59 Å². The van der Waals surface area contributed by atoms with Crippen LogP contribution in [0.25, 0.3) is 10.9 Å². The monoisotopic (exact) mass is 359 g/mol. The molecule has 0 aliphatic rings. The van der Waals surface area contributed by atoms with Crippen LogP contribution in [0.5, 0.6) is 0 Å². The smallest absolute Gasteiger partial charge is 0.275 e. The average molecular weight is 360 g/mol. The van der Waals surface area contributed by atoms with Crippen molar-refractivity contribution in [3.63, 3.8) is 0 Å². The number of aromatic nitrogens is 2. The Balaban J connectivity index is 1.84. The van der Waals surface area contributed by atoms with E-state index in [0.29, 0.717) is 11.2 Å². The second-order valence-corrected chi connectivity index (χ2v) is 5.95. The zero-order valence-electron chi connectivity index (χ0n) is 11.9. The Kier molecular flexibility index (Phi) is 3.85. The molecule has 1 aromatic carbocycles. The number of nitrogens with zero attached hydrogens (tertiary/aromatic N) is 2. The van der Waals surface area contributed by atoms with Crippen molar-refractivity contribution in [3.05, 3.63) is 63.6 Å². The van der Waals surface area contributed by atoms with E-state index < -0.39 is 0 Å². The van der Waals surface area contributed by atoms with Crippen LogP contribution in [0.3, 0.4) is 0 Å². The molecule has 0 aliphatic carbocycles. The van der Waals surface area contributed by atoms with Gasteiger partial charge in [-0.3, -0.25) is 9.59 Å². The molecule has 22 heavy (non-hydrogen) atoms. The van der Waals surface area contributed by atoms with Crippen molar-refractivity contribution < 1.29 is 4.79 Å². The van der Waals surface area contributed by atoms with Crippen LogP contribution in [0.2, 0.25) is 0 Å². The second-order valence-electron chi connectivity index (χ2n) is 5.04. The van der Waals surface area contributed by atoms with E-state index in [0.717, 1.165) is 9.86 Å². The lowest BCUT2D eigenvalue weighted by molar-refractivity contribution is -0.116. The number of anilines is 1. The Bertz CT molecular complexity index is 911. The number of carbonyl (C=O) groups excluding carboxylic acids is 1. The fraction of sp³-hybridized carbons (Fsp3) is 0.125. The first kappa shape index (κ1) is 14.6. The van der Waals surface area contributed by atoms with Gasteiger partial charge in [-0.15, -0.1) is 0 Å². The molecule has 0 spiro atoms. The number of hydrogen-bond acceptors (Lipinski definition) is 2. The van der Waals surface area contributed by atoms with Crippen LogP contribution >= 0.6 is 15.9 Å². The number of carbonyl (C=O) groups is 1. The molecular weight excluding hydrogens is 346 g/mol. The van der Waals surface area contributed by atoms with E-state index in [1.165, 1.54) is 4.57 Å². The summed E-state index contributed by atoms with van der Waals surface area (Å²) in [7, 11) is 1.82. The quantitative estimate of drug-likeness (QED) is 0.781. The maximum Gasteiger partial charge on any atom is 0.275 e. The van der Waals surface area contributed by atoms with Gasteiger partial charge >= 0.3 is 0 Å². The highest BCUT2D eigenvalue weighted by atomic mass is 79.9. The van der Waals surface area contributed by atoms with Gasteiger partial charge in [0.25, 0.3) is 5.56 Å². The molecule has 2 aromatic heterocycles. The van der Waals surface area contributed by atoms with E-state index in [1.54, 1.807) is 22.9 Å². The number of nitrogens with one attached hydrogen (secondary N) is 1. The molecule has 0 saturated carbocycles. The summed E-state index contributed by atoms with van der Waals surface area (Å²) in [6, 6.07) is 11.0. The number of amides is 1. The third-order valence-corrected chi connectivity index (χ3v) is 3.92. The van der Waals surface area contributed by atoms with Crippen molar-refractivity contribution in [1.82, 2.24) is 9.13 Å². The molecule has 0 atom stereocenters. The first-order valence-electron chi connectivity index (χ1n) is 6.74. The summed E-state index contributed by atoms with van der Waals surface area (Å²) < 4.78 is 4.06. The fourth-order valence-corrected chi connectivity index (χ4v) is 2.78. The predicted molar refractivity (Wildman–Crippen MR) is 90.0 cm³/mol. The second kappa shape index (κ2) is 5.81. The number of halogens is 1. The summed E-state index contributed by atoms with van der Waals surface area (Å²) in [5.74, 6) is -0.242. The molecule has 112 valence electrons. The summed E-state index contributed by atoms with van der Waals surface area (Å²) in [4.78, 5) is 24.5. The van der Waals surface area contributed by atoms with Gasteiger partial charge in [-0.1, -0.05) is 22.0 Å². The maximum atomic E-state index is 12.4. The van der Waals surface area contributed by atoms with Crippen molar-refractivity contribution in [1.29, 1.82) is 0 Å². The molecule has 0 fully saturated rings. The number of rotatable bonds is 3. The Hall–Kier alpha value is -2.34. The SMILES string of the molecule is Cn1ccc2ccn(CC(=O)Nc3cccc(Br)c3)c(=O)c21. The van der Waals surface area contributed by atoms with Gasteiger partial charge in [0.05, 0.1) is 0 Å². The van der Waals surface area contributed by atoms with Crippen LogP contribution in [-0.4, -0.2) is 15.0 Å². The van der Waals surface area contributed by atoms with Crippen LogP contribution in [0.4, 0.5) is 5.69 Å². The summed E-state index contributed by atoms with van der Waals surface area (Å²) in [6.07, 6.45) is 3.48. The highest BCUT2D eigenvalue weighted by Crippen LogP contribution is 2.15. The number of pyridine rings is 1. The third kappa shape index (κ3) is 2.82. The van der Waals surface area contributed by atoms with E-state index in [2.05, 4.69) is 21.2 Å². The zero-order valence-corrected chi connectivity index (χ0v) is 13.5. The normalized spacial score (nSPS) is 10.8. The summed E-state index contributed by atoms with van der Waals surface area (Å²) >= 11 is 3.35. The summed E-state index contributed by atoms with van der Waals surface area (Å²) in [5, 5.41) is 3.65. The van der Waals surface area contributed by atoms with Gasteiger partial charge < -0.3 is 14.5 Å². The Morgan fingerprint density at radius 1 is 1.23 bits per heavy atom. The third-order valence-electron chi connectivity index (χ3n) is 3.42. The largest absolute Gasteiger partial charge is 0.346 e. The van der Waals surface area contributed by atoms with Crippen molar-refractivity contribution in [2.45, 2.75) is 6.54 Å².